The average molecular weight is 529 g/mol. The number of thiazole rings is 1. The molecule has 11 heteroatoms. The van der Waals surface area contributed by atoms with E-state index in [0.29, 0.717) is 16.2 Å². The number of aromatic nitrogens is 3. The van der Waals surface area contributed by atoms with E-state index >= 15 is 0 Å². The van der Waals surface area contributed by atoms with Crippen LogP contribution in [0, 0.1) is 30.9 Å². The zero-order chi connectivity index (χ0) is 27.0. The Morgan fingerprint density at radius 1 is 1.03 bits per heavy atom. The van der Waals surface area contributed by atoms with Crippen molar-refractivity contribution < 1.29 is 9.34 Å². The van der Waals surface area contributed by atoms with Crippen LogP contribution in [-0.2, 0) is 7.05 Å². The van der Waals surface area contributed by atoms with Gasteiger partial charge in [0.25, 0.3) is 5.56 Å². The summed E-state index contributed by atoms with van der Waals surface area (Å²) in [4.78, 5) is 29.1. The maximum absolute atomic E-state index is 13.5. The Balaban J connectivity index is 1.69. The van der Waals surface area contributed by atoms with Gasteiger partial charge in [-0.05, 0) is 56.2 Å². The molecule has 10 nitrogen and oxygen atoms in total. The van der Waals surface area contributed by atoms with Crippen LogP contribution >= 0.6 is 11.3 Å². The summed E-state index contributed by atoms with van der Waals surface area (Å²) in [5.74, 6) is -0.155. The topological polar surface area (TPSA) is 113 Å². The second kappa shape index (κ2) is 9.94. The lowest BCUT2D eigenvalue weighted by molar-refractivity contribution is -0.402. The lowest BCUT2D eigenvalue weighted by Gasteiger charge is -2.07. The number of nitro groups is 1. The standard InChI is InChI=1S/C27H24N6O4S/c1-17-10-11-20(14-18(17)2)23-16-38-27(31(23)28-15-22-12-13-24(37-22)33(35)36)29-25-19(3)30(4)32(26(25)34)21-8-6-5-7-9-21/h5-16H,1-4H3. The van der Waals surface area contributed by atoms with Crippen molar-refractivity contribution in [1.82, 2.24) is 14.0 Å². The lowest BCUT2D eigenvalue weighted by Crippen LogP contribution is -2.19. The maximum Gasteiger partial charge on any atom is 0.433 e. The molecule has 0 spiro atoms. The van der Waals surface area contributed by atoms with Crippen LogP contribution in [0.25, 0.3) is 16.9 Å². The number of furan rings is 1. The molecule has 5 aromatic rings. The molecule has 0 radical (unpaired) electrons. The largest absolute Gasteiger partial charge is 0.433 e. The molecular weight excluding hydrogens is 504 g/mol. The molecule has 0 aliphatic heterocycles. The fraction of sp³-hybridized carbons (Fsp3) is 0.148. The molecule has 0 bridgehead atoms. The van der Waals surface area contributed by atoms with Crippen LogP contribution in [0.5, 0.6) is 0 Å². The molecule has 5 rings (SSSR count). The first kappa shape index (κ1) is 24.9. The first-order chi connectivity index (χ1) is 18.2. The van der Waals surface area contributed by atoms with Crippen LogP contribution in [0.3, 0.4) is 0 Å². The molecule has 0 saturated heterocycles. The molecule has 0 N–H and O–H groups in total. The van der Waals surface area contributed by atoms with Crippen molar-refractivity contribution in [2.24, 2.45) is 17.1 Å². The molecule has 0 aliphatic carbocycles. The highest BCUT2D eigenvalue weighted by Gasteiger charge is 2.17. The third-order valence-electron chi connectivity index (χ3n) is 6.31. The van der Waals surface area contributed by atoms with Crippen LogP contribution in [0.2, 0.25) is 0 Å². The van der Waals surface area contributed by atoms with Crippen molar-refractivity contribution in [2.45, 2.75) is 20.8 Å². The Kier molecular flexibility index (Phi) is 6.52. The number of rotatable bonds is 6. The lowest BCUT2D eigenvalue weighted by atomic mass is 10.1. The summed E-state index contributed by atoms with van der Waals surface area (Å²) in [6, 6.07) is 18.2. The van der Waals surface area contributed by atoms with Gasteiger partial charge in [-0.15, -0.1) is 11.3 Å². The summed E-state index contributed by atoms with van der Waals surface area (Å²) in [7, 11) is 1.81. The molecule has 3 heterocycles. The zero-order valence-corrected chi connectivity index (χ0v) is 22.0. The Bertz CT molecular complexity index is 1820. The maximum atomic E-state index is 13.5. The van der Waals surface area contributed by atoms with Gasteiger partial charge < -0.3 is 4.42 Å². The van der Waals surface area contributed by atoms with E-state index in [1.54, 1.807) is 14.0 Å². The van der Waals surface area contributed by atoms with E-state index in [1.165, 1.54) is 29.7 Å². The first-order valence-corrected chi connectivity index (χ1v) is 12.6. The molecule has 0 atom stereocenters. The summed E-state index contributed by atoms with van der Waals surface area (Å²) in [6.45, 7) is 5.91. The van der Waals surface area contributed by atoms with E-state index in [4.69, 9.17) is 9.41 Å². The van der Waals surface area contributed by atoms with E-state index in [1.807, 2.05) is 75.7 Å². The third kappa shape index (κ3) is 4.55. The van der Waals surface area contributed by atoms with E-state index < -0.39 is 4.92 Å². The summed E-state index contributed by atoms with van der Waals surface area (Å²) < 4.78 is 10.2. The minimum Gasteiger partial charge on any atom is -0.400 e. The van der Waals surface area contributed by atoms with Gasteiger partial charge in [-0.25, -0.2) is 14.4 Å². The fourth-order valence-corrected chi connectivity index (χ4v) is 4.83. The molecule has 2 aromatic carbocycles. The fourth-order valence-electron chi connectivity index (χ4n) is 3.99. The number of nitrogens with zero attached hydrogens (tertiary/aromatic N) is 6. The Labute approximate surface area is 221 Å². The van der Waals surface area contributed by atoms with Crippen LogP contribution in [0.4, 0.5) is 11.6 Å². The van der Waals surface area contributed by atoms with Crippen LogP contribution < -0.4 is 10.4 Å². The number of hydrogen-bond acceptors (Lipinski definition) is 7. The molecular formula is C27H24N6O4S. The van der Waals surface area contributed by atoms with Gasteiger partial charge in [0.2, 0.25) is 4.80 Å². The molecule has 38 heavy (non-hydrogen) atoms. The molecule has 0 amide bonds. The van der Waals surface area contributed by atoms with Gasteiger partial charge in [0.1, 0.15) is 4.92 Å². The van der Waals surface area contributed by atoms with Gasteiger partial charge in [0.15, 0.2) is 11.4 Å². The van der Waals surface area contributed by atoms with E-state index in [-0.39, 0.29) is 17.2 Å². The van der Waals surface area contributed by atoms with Crippen LogP contribution in [0.1, 0.15) is 22.6 Å². The normalized spacial score (nSPS) is 12.1. The smallest absolute Gasteiger partial charge is 0.400 e. The van der Waals surface area contributed by atoms with Crippen molar-refractivity contribution in [3.8, 4) is 16.9 Å². The molecule has 0 fully saturated rings. The van der Waals surface area contributed by atoms with Crippen LogP contribution in [0.15, 0.2) is 85.3 Å². The molecule has 3 aromatic heterocycles. The van der Waals surface area contributed by atoms with Crippen molar-refractivity contribution in [2.75, 3.05) is 0 Å². The minimum absolute atomic E-state index is 0.217. The summed E-state index contributed by atoms with van der Waals surface area (Å²) in [5.41, 5.74) is 5.42. The molecule has 0 aliphatic rings. The van der Waals surface area contributed by atoms with Gasteiger partial charge in [0, 0.05) is 18.0 Å². The summed E-state index contributed by atoms with van der Waals surface area (Å²) in [5, 5.41) is 17.5. The highest BCUT2D eigenvalue weighted by atomic mass is 32.1. The number of aryl methyl sites for hydroxylation is 2. The SMILES string of the molecule is Cc1ccc(-c2csc(=Nc3c(C)n(C)n(-c4ccccc4)c3=O)n2N=Cc2ccc([N+](=O)[O-])o2)cc1C. The minimum atomic E-state index is -0.605. The monoisotopic (exact) mass is 528 g/mol. The van der Waals surface area contributed by atoms with Crippen LogP contribution in [-0.4, -0.2) is 25.2 Å². The van der Waals surface area contributed by atoms with Crippen molar-refractivity contribution >= 4 is 29.1 Å². The van der Waals surface area contributed by atoms with Crippen molar-refractivity contribution in [3.05, 3.63) is 114 Å². The van der Waals surface area contributed by atoms with E-state index in [0.717, 1.165) is 28.1 Å². The van der Waals surface area contributed by atoms with Gasteiger partial charge in [-0.3, -0.25) is 19.6 Å². The number of hydrogen-bond donors (Lipinski definition) is 0. The van der Waals surface area contributed by atoms with E-state index in [9.17, 15) is 14.9 Å². The first-order valence-electron chi connectivity index (χ1n) is 11.7. The average Bonchev–Trinajstić information content (AvgIpc) is 3.59. The third-order valence-corrected chi connectivity index (χ3v) is 7.13. The summed E-state index contributed by atoms with van der Waals surface area (Å²) >= 11 is 1.34. The highest BCUT2D eigenvalue weighted by Crippen LogP contribution is 2.24. The Morgan fingerprint density at radius 3 is 2.47 bits per heavy atom. The predicted octanol–water partition coefficient (Wildman–Crippen LogP) is 5.25. The van der Waals surface area contributed by atoms with Gasteiger partial charge >= 0.3 is 5.88 Å². The number of benzene rings is 2. The van der Waals surface area contributed by atoms with Gasteiger partial charge in [-0.2, -0.15) is 5.10 Å². The van der Waals surface area contributed by atoms with Gasteiger partial charge in [-0.1, -0.05) is 30.3 Å². The molecule has 192 valence electrons. The Morgan fingerprint density at radius 2 is 1.79 bits per heavy atom. The van der Waals surface area contributed by atoms with E-state index in [2.05, 4.69) is 11.2 Å². The molecule has 0 saturated carbocycles. The number of para-hydroxylation sites is 1. The van der Waals surface area contributed by atoms with Gasteiger partial charge in [0.05, 0.1) is 29.4 Å². The predicted molar refractivity (Wildman–Crippen MR) is 147 cm³/mol. The second-order valence-electron chi connectivity index (χ2n) is 8.71. The molecule has 0 unspecified atom stereocenters. The Hall–Kier alpha value is -4.77. The van der Waals surface area contributed by atoms with Crippen molar-refractivity contribution in [1.29, 1.82) is 0 Å². The second-order valence-corrected chi connectivity index (χ2v) is 9.55. The highest BCUT2D eigenvalue weighted by molar-refractivity contribution is 7.07. The zero-order valence-electron chi connectivity index (χ0n) is 21.2. The summed E-state index contributed by atoms with van der Waals surface area (Å²) in [6.07, 6.45) is 1.39. The van der Waals surface area contributed by atoms with Crippen molar-refractivity contribution in [3.63, 3.8) is 0 Å². The quantitative estimate of drug-likeness (QED) is 0.170.